The summed E-state index contributed by atoms with van der Waals surface area (Å²) < 4.78 is 2.61. The Morgan fingerprint density at radius 3 is 2.52 bits per heavy atom. The van der Waals surface area contributed by atoms with Gasteiger partial charge in [-0.15, -0.1) is 0 Å². The van der Waals surface area contributed by atoms with Gasteiger partial charge in [-0.1, -0.05) is 32.1 Å². The van der Waals surface area contributed by atoms with E-state index < -0.39 is 0 Å². The molecule has 0 aromatic carbocycles. The Balaban J connectivity index is 1.49. The maximum absolute atomic E-state index is 4.96. The average Bonchev–Trinajstić information content (AvgIpc) is 3.51. The molecule has 1 atom stereocenters. The van der Waals surface area contributed by atoms with Gasteiger partial charge in [-0.25, -0.2) is 4.98 Å². The van der Waals surface area contributed by atoms with E-state index in [1.54, 1.807) is 0 Å². The fraction of sp³-hybridized carbons (Fsp3) is 0.708. The summed E-state index contributed by atoms with van der Waals surface area (Å²) in [5, 5.41) is 1.43. The van der Waals surface area contributed by atoms with Crippen molar-refractivity contribution in [3.63, 3.8) is 0 Å². The van der Waals surface area contributed by atoms with Crippen LogP contribution in [0.3, 0.4) is 0 Å². The van der Waals surface area contributed by atoms with Gasteiger partial charge in [0.25, 0.3) is 0 Å². The van der Waals surface area contributed by atoms with E-state index in [1.807, 2.05) is 0 Å². The Morgan fingerprint density at radius 2 is 1.74 bits per heavy atom. The normalized spacial score (nSPS) is 24.7. The minimum Gasteiger partial charge on any atom is -0.355 e. The van der Waals surface area contributed by atoms with Crippen molar-refractivity contribution in [2.75, 3.05) is 18.0 Å². The van der Waals surface area contributed by atoms with Gasteiger partial charge in [0.2, 0.25) is 0 Å². The molecule has 3 aliphatic rings. The first-order valence-corrected chi connectivity index (χ1v) is 11.4. The number of aryl methyl sites for hydroxylation is 1. The third-order valence-corrected chi connectivity index (χ3v) is 7.74. The summed E-state index contributed by atoms with van der Waals surface area (Å²) in [6.45, 7) is 8.20. The monoisotopic (exact) mass is 365 g/mol. The molecule has 1 aliphatic heterocycles. The van der Waals surface area contributed by atoms with Crippen molar-refractivity contribution in [1.82, 2.24) is 9.55 Å². The van der Waals surface area contributed by atoms with E-state index in [9.17, 15) is 0 Å². The van der Waals surface area contributed by atoms with Gasteiger partial charge in [-0.2, -0.15) is 0 Å². The number of pyridine rings is 1. The molecule has 5 rings (SSSR count). The Bertz CT molecular complexity index is 811. The maximum atomic E-state index is 4.96. The van der Waals surface area contributed by atoms with Crippen LogP contribution in [-0.4, -0.2) is 22.6 Å². The number of rotatable bonds is 4. The highest BCUT2D eigenvalue weighted by Gasteiger charge is 2.31. The van der Waals surface area contributed by atoms with E-state index >= 15 is 0 Å². The first kappa shape index (κ1) is 17.6. The van der Waals surface area contributed by atoms with Crippen LogP contribution in [0.4, 0.5) is 5.82 Å². The standard InChI is InChI=1S/C24H35N3/c1-17-18(2)27(15-19-10-11-19)23-22(17)12-13-25-24(23)26-14-6-9-21(16-26)20-7-4-3-5-8-20/h12-13,19-21H,3-11,14-16H2,1-2H3. The third kappa shape index (κ3) is 3.28. The predicted molar refractivity (Wildman–Crippen MR) is 113 cm³/mol. The molecule has 0 amide bonds. The van der Waals surface area contributed by atoms with Gasteiger partial charge in [0.15, 0.2) is 5.82 Å². The van der Waals surface area contributed by atoms with Crippen molar-refractivity contribution in [1.29, 1.82) is 0 Å². The number of anilines is 1. The molecule has 3 nitrogen and oxygen atoms in total. The minimum atomic E-state index is 0.880. The quantitative estimate of drug-likeness (QED) is 0.676. The first-order valence-electron chi connectivity index (χ1n) is 11.4. The summed E-state index contributed by atoms with van der Waals surface area (Å²) in [5.74, 6) is 4.00. The van der Waals surface area contributed by atoms with Gasteiger partial charge in [0.05, 0.1) is 5.52 Å². The summed E-state index contributed by atoms with van der Waals surface area (Å²) in [4.78, 5) is 7.60. The lowest BCUT2D eigenvalue weighted by Gasteiger charge is -2.39. The summed E-state index contributed by atoms with van der Waals surface area (Å²) in [6.07, 6.45) is 14.9. The second-order valence-corrected chi connectivity index (χ2v) is 9.54. The lowest BCUT2D eigenvalue weighted by molar-refractivity contribution is 0.220. The smallest absolute Gasteiger partial charge is 0.153 e. The maximum Gasteiger partial charge on any atom is 0.153 e. The molecule has 0 radical (unpaired) electrons. The topological polar surface area (TPSA) is 21.1 Å². The van der Waals surface area contributed by atoms with Gasteiger partial charge in [-0.05, 0) is 68.9 Å². The van der Waals surface area contributed by atoms with E-state index in [2.05, 4.69) is 35.6 Å². The van der Waals surface area contributed by atoms with Crippen LogP contribution in [0.2, 0.25) is 0 Å². The fourth-order valence-corrected chi connectivity index (χ4v) is 5.79. The van der Waals surface area contributed by atoms with Crippen molar-refractivity contribution in [3.8, 4) is 0 Å². The molecule has 0 N–H and O–H groups in total. The van der Waals surface area contributed by atoms with Crippen LogP contribution in [0.15, 0.2) is 12.3 Å². The molecule has 1 saturated heterocycles. The second kappa shape index (κ2) is 7.14. The van der Waals surface area contributed by atoms with Crippen LogP contribution in [0.1, 0.15) is 69.0 Å². The van der Waals surface area contributed by atoms with E-state index in [0.29, 0.717) is 0 Å². The number of aromatic nitrogens is 2. The highest BCUT2D eigenvalue weighted by Crippen LogP contribution is 2.40. The highest BCUT2D eigenvalue weighted by molar-refractivity contribution is 5.93. The Labute approximate surface area is 164 Å². The van der Waals surface area contributed by atoms with Crippen molar-refractivity contribution < 1.29 is 0 Å². The molecule has 146 valence electrons. The van der Waals surface area contributed by atoms with Gasteiger partial charge < -0.3 is 9.47 Å². The van der Waals surface area contributed by atoms with Crippen LogP contribution < -0.4 is 4.90 Å². The SMILES string of the molecule is Cc1c(C)n(CC2CC2)c2c(N3CCCC(C4CCCCC4)C3)nccc12. The van der Waals surface area contributed by atoms with Crippen molar-refractivity contribution in [2.24, 2.45) is 17.8 Å². The predicted octanol–water partition coefficient (Wildman–Crippen LogP) is 5.86. The van der Waals surface area contributed by atoms with Gasteiger partial charge in [0.1, 0.15) is 0 Å². The Kier molecular flexibility index (Phi) is 4.65. The number of hydrogen-bond acceptors (Lipinski definition) is 2. The van der Waals surface area contributed by atoms with E-state index in [1.165, 1.54) is 105 Å². The fourth-order valence-electron chi connectivity index (χ4n) is 5.79. The van der Waals surface area contributed by atoms with E-state index in [-0.39, 0.29) is 0 Å². The molecule has 2 saturated carbocycles. The van der Waals surface area contributed by atoms with Crippen molar-refractivity contribution in [3.05, 3.63) is 23.5 Å². The number of fused-ring (bicyclic) bond motifs is 1. The zero-order valence-corrected chi connectivity index (χ0v) is 17.2. The number of piperidine rings is 1. The summed E-state index contributed by atoms with van der Waals surface area (Å²) in [6, 6.07) is 2.24. The molecule has 1 unspecified atom stereocenters. The number of hydrogen-bond donors (Lipinski definition) is 0. The van der Waals surface area contributed by atoms with Crippen LogP contribution in [-0.2, 0) is 6.54 Å². The highest BCUT2D eigenvalue weighted by atomic mass is 15.2. The lowest BCUT2D eigenvalue weighted by Crippen LogP contribution is -2.39. The van der Waals surface area contributed by atoms with Gasteiger partial charge >= 0.3 is 0 Å². The molecular weight excluding hydrogens is 330 g/mol. The molecule has 2 aromatic heterocycles. The summed E-state index contributed by atoms with van der Waals surface area (Å²) >= 11 is 0. The molecule has 0 bridgehead atoms. The van der Waals surface area contributed by atoms with Crippen LogP contribution in [0.25, 0.3) is 10.9 Å². The second-order valence-electron chi connectivity index (χ2n) is 9.54. The van der Waals surface area contributed by atoms with Crippen molar-refractivity contribution >= 4 is 16.7 Å². The average molecular weight is 366 g/mol. The number of nitrogens with zero attached hydrogens (tertiary/aromatic N) is 3. The molecular formula is C24H35N3. The lowest BCUT2D eigenvalue weighted by atomic mass is 9.76. The molecule has 3 heterocycles. The van der Waals surface area contributed by atoms with E-state index in [4.69, 9.17) is 4.98 Å². The molecule has 2 aromatic rings. The molecule has 3 heteroatoms. The Hall–Kier alpha value is -1.51. The van der Waals surface area contributed by atoms with Crippen LogP contribution in [0, 0.1) is 31.6 Å². The first-order chi connectivity index (χ1) is 13.2. The Morgan fingerprint density at radius 1 is 0.963 bits per heavy atom. The van der Waals surface area contributed by atoms with Gasteiger partial charge in [-0.3, -0.25) is 0 Å². The summed E-state index contributed by atoms with van der Waals surface area (Å²) in [7, 11) is 0. The largest absolute Gasteiger partial charge is 0.355 e. The molecule has 0 spiro atoms. The zero-order chi connectivity index (χ0) is 18.4. The van der Waals surface area contributed by atoms with Crippen molar-refractivity contribution in [2.45, 2.75) is 78.2 Å². The van der Waals surface area contributed by atoms with Crippen LogP contribution in [0.5, 0.6) is 0 Å². The molecule has 27 heavy (non-hydrogen) atoms. The zero-order valence-electron chi connectivity index (χ0n) is 17.2. The minimum absolute atomic E-state index is 0.880. The third-order valence-electron chi connectivity index (χ3n) is 7.74. The summed E-state index contributed by atoms with van der Waals surface area (Å²) in [5.41, 5.74) is 4.32. The van der Waals surface area contributed by atoms with E-state index in [0.717, 1.165) is 17.8 Å². The molecule has 3 fully saturated rings. The van der Waals surface area contributed by atoms with Gasteiger partial charge in [0, 0.05) is 36.9 Å². The van der Waals surface area contributed by atoms with Crippen LogP contribution >= 0.6 is 0 Å². The molecule has 2 aliphatic carbocycles.